The smallest absolute Gasteiger partial charge is 0.287 e. The van der Waals surface area contributed by atoms with Gasteiger partial charge in [0.15, 0.2) is 0 Å². The number of hydrogen-bond acceptors (Lipinski definition) is 5. The van der Waals surface area contributed by atoms with Crippen LogP contribution in [0.25, 0.3) is 0 Å². The van der Waals surface area contributed by atoms with Crippen LogP contribution in [0.2, 0.25) is 5.02 Å². The van der Waals surface area contributed by atoms with Gasteiger partial charge in [0.1, 0.15) is 5.02 Å². The summed E-state index contributed by atoms with van der Waals surface area (Å²) < 4.78 is 3.17. The van der Waals surface area contributed by atoms with Crippen molar-refractivity contribution in [2.45, 2.75) is 13.1 Å². The fourth-order valence-electron chi connectivity index (χ4n) is 1.78. The van der Waals surface area contributed by atoms with Gasteiger partial charge in [-0.1, -0.05) is 11.6 Å². The molecule has 0 aliphatic rings. The summed E-state index contributed by atoms with van der Waals surface area (Å²) in [7, 11) is 3.88. The molecule has 2 rings (SSSR count). The average Bonchev–Trinajstić information content (AvgIpc) is 2.95. The van der Waals surface area contributed by atoms with E-state index in [0.717, 1.165) is 6.54 Å². The lowest BCUT2D eigenvalue weighted by molar-refractivity contribution is 0.367. The molecule has 0 amide bonds. The van der Waals surface area contributed by atoms with E-state index in [4.69, 9.17) is 11.6 Å². The summed E-state index contributed by atoms with van der Waals surface area (Å²) in [5.41, 5.74) is 0.275. The van der Waals surface area contributed by atoms with Gasteiger partial charge in [-0.05, 0) is 20.2 Å². The minimum Gasteiger partial charge on any atom is -0.381 e. The second-order valence-corrected chi connectivity index (χ2v) is 5.28. The molecule has 1 N–H and O–H groups in total. The van der Waals surface area contributed by atoms with Gasteiger partial charge >= 0.3 is 0 Å². The first kappa shape index (κ1) is 15.5. The molecule has 0 bridgehead atoms. The maximum Gasteiger partial charge on any atom is 0.287 e. The Labute approximate surface area is 128 Å². The van der Waals surface area contributed by atoms with Crippen molar-refractivity contribution in [1.82, 2.24) is 24.5 Å². The van der Waals surface area contributed by atoms with E-state index in [1.54, 1.807) is 17.1 Å². The third-order valence-electron chi connectivity index (χ3n) is 2.96. The maximum absolute atomic E-state index is 12.1. The van der Waals surface area contributed by atoms with Crippen molar-refractivity contribution < 1.29 is 0 Å². The third kappa shape index (κ3) is 4.30. The number of nitrogens with zero attached hydrogens (tertiary/aromatic N) is 5. The molecule has 0 saturated heterocycles. The van der Waals surface area contributed by atoms with Gasteiger partial charge in [-0.15, -0.1) is 0 Å². The molecule has 0 radical (unpaired) electrons. The minimum absolute atomic E-state index is 0.171. The van der Waals surface area contributed by atoms with Gasteiger partial charge in [-0.2, -0.15) is 10.2 Å². The van der Waals surface area contributed by atoms with Crippen molar-refractivity contribution in [3.8, 4) is 0 Å². The summed E-state index contributed by atoms with van der Waals surface area (Å²) in [4.78, 5) is 14.1. The highest BCUT2D eigenvalue weighted by molar-refractivity contribution is 6.32. The molecule has 0 atom stereocenters. The predicted molar refractivity (Wildman–Crippen MR) is 82.8 cm³/mol. The lowest BCUT2D eigenvalue weighted by Crippen LogP contribution is -2.29. The van der Waals surface area contributed by atoms with E-state index in [2.05, 4.69) is 15.5 Å². The van der Waals surface area contributed by atoms with Gasteiger partial charge in [0, 0.05) is 25.5 Å². The molecule has 114 valence electrons. The molecule has 0 aliphatic heterocycles. The standard InChI is InChI=1S/C13H19ClN6O/c1-18(2)8-9-20-13(21)12(14)11(10-17-20)15-5-7-19-6-3-4-16-19/h3-4,6,10,15H,5,7-9H2,1-2H3. The fraction of sp³-hybridized carbons (Fsp3) is 0.462. The number of nitrogens with one attached hydrogen (secondary N) is 1. The third-order valence-corrected chi connectivity index (χ3v) is 3.32. The van der Waals surface area contributed by atoms with Crippen LogP contribution in [0.4, 0.5) is 5.69 Å². The SMILES string of the molecule is CN(C)CCn1ncc(NCCn2cccn2)c(Cl)c1=O. The van der Waals surface area contributed by atoms with Crippen LogP contribution in [0.5, 0.6) is 0 Å². The maximum atomic E-state index is 12.1. The van der Waals surface area contributed by atoms with E-state index in [-0.39, 0.29) is 10.6 Å². The van der Waals surface area contributed by atoms with Crippen LogP contribution < -0.4 is 10.9 Å². The first-order valence-corrected chi connectivity index (χ1v) is 7.07. The Balaban J connectivity index is 1.97. The number of anilines is 1. The van der Waals surface area contributed by atoms with Crippen molar-refractivity contribution >= 4 is 17.3 Å². The normalized spacial score (nSPS) is 11.0. The molecule has 2 heterocycles. The van der Waals surface area contributed by atoms with Crippen LogP contribution >= 0.6 is 11.6 Å². The number of halogens is 1. The number of aromatic nitrogens is 4. The Morgan fingerprint density at radius 1 is 1.33 bits per heavy atom. The topological polar surface area (TPSA) is 68.0 Å². The van der Waals surface area contributed by atoms with Gasteiger partial charge in [0.05, 0.1) is 25.0 Å². The van der Waals surface area contributed by atoms with Crippen molar-refractivity contribution in [1.29, 1.82) is 0 Å². The first-order valence-electron chi connectivity index (χ1n) is 6.69. The second-order valence-electron chi connectivity index (χ2n) is 4.90. The minimum atomic E-state index is -0.275. The summed E-state index contributed by atoms with van der Waals surface area (Å²) in [6.45, 7) is 2.55. The molecule has 7 nitrogen and oxygen atoms in total. The van der Waals surface area contributed by atoms with Gasteiger partial charge in [-0.25, -0.2) is 4.68 Å². The molecular weight excluding hydrogens is 292 g/mol. The number of rotatable bonds is 7. The molecule has 2 aromatic heterocycles. The van der Waals surface area contributed by atoms with Crippen molar-refractivity contribution in [3.63, 3.8) is 0 Å². The highest BCUT2D eigenvalue weighted by atomic mass is 35.5. The number of hydrogen-bond donors (Lipinski definition) is 1. The summed E-state index contributed by atoms with van der Waals surface area (Å²) in [6.07, 6.45) is 5.18. The summed E-state index contributed by atoms with van der Waals surface area (Å²) in [6, 6.07) is 1.86. The number of likely N-dealkylation sites (N-methyl/N-ethyl adjacent to an activating group) is 1. The zero-order chi connectivity index (χ0) is 15.2. The highest BCUT2D eigenvalue weighted by Gasteiger charge is 2.09. The van der Waals surface area contributed by atoms with Gasteiger partial charge in [0.25, 0.3) is 5.56 Å². The van der Waals surface area contributed by atoms with E-state index in [1.165, 1.54) is 4.68 Å². The zero-order valence-corrected chi connectivity index (χ0v) is 12.9. The van der Waals surface area contributed by atoms with Crippen LogP contribution in [-0.2, 0) is 13.1 Å². The Morgan fingerprint density at radius 2 is 2.14 bits per heavy atom. The van der Waals surface area contributed by atoms with Gasteiger partial charge in [-0.3, -0.25) is 9.48 Å². The van der Waals surface area contributed by atoms with Crippen LogP contribution in [0.1, 0.15) is 0 Å². The van der Waals surface area contributed by atoms with Crippen LogP contribution in [0.3, 0.4) is 0 Å². The fourth-order valence-corrected chi connectivity index (χ4v) is 1.99. The molecule has 0 saturated carbocycles. The lowest BCUT2D eigenvalue weighted by atomic mass is 10.4. The van der Waals surface area contributed by atoms with Gasteiger partial charge in [0.2, 0.25) is 0 Å². The Hall–Kier alpha value is -1.86. The second kappa shape index (κ2) is 7.24. The van der Waals surface area contributed by atoms with Crippen LogP contribution in [0, 0.1) is 0 Å². The highest BCUT2D eigenvalue weighted by Crippen LogP contribution is 2.14. The molecule has 0 aliphatic carbocycles. The van der Waals surface area contributed by atoms with Crippen molar-refractivity contribution in [3.05, 3.63) is 40.0 Å². The molecule has 0 spiro atoms. The van der Waals surface area contributed by atoms with E-state index < -0.39 is 0 Å². The first-order chi connectivity index (χ1) is 10.1. The van der Waals surface area contributed by atoms with E-state index in [9.17, 15) is 4.79 Å². The Kier molecular flexibility index (Phi) is 5.35. The molecule has 21 heavy (non-hydrogen) atoms. The molecule has 0 unspecified atom stereocenters. The van der Waals surface area contributed by atoms with Crippen LogP contribution in [-0.4, -0.2) is 51.6 Å². The van der Waals surface area contributed by atoms with Crippen molar-refractivity contribution in [2.75, 3.05) is 32.5 Å². The zero-order valence-electron chi connectivity index (χ0n) is 12.2. The van der Waals surface area contributed by atoms with Gasteiger partial charge < -0.3 is 10.2 Å². The summed E-state index contributed by atoms with van der Waals surface area (Å²) in [5.74, 6) is 0. The Morgan fingerprint density at radius 3 is 2.81 bits per heavy atom. The molecular formula is C13H19ClN6O. The Bertz CT molecular complexity index is 622. The van der Waals surface area contributed by atoms with E-state index in [0.29, 0.717) is 25.3 Å². The monoisotopic (exact) mass is 310 g/mol. The summed E-state index contributed by atoms with van der Waals surface area (Å²) in [5, 5.41) is 11.5. The summed E-state index contributed by atoms with van der Waals surface area (Å²) >= 11 is 6.10. The average molecular weight is 311 g/mol. The predicted octanol–water partition coefficient (Wildman–Crippen LogP) is 0.767. The quantitative estimate of drug-likeness (QED) is 0.818. The van der Waals surface area contributed by atoms with E-state index >= 15 is 0 Å². The van der Waals surface area contributed by atoms with Crippen LogP contribution in [0.15, 0.2) is 29.5 Å². The molecule has 2 aromatic rings. The van der Waals surface area contributed by atoms with Crippen molar-refractivity contribution in [2.24, 2.45) is 0 Å². The molecule has 0 fully saturated rings. The van der Waals surface area contributed by atoms with E-state index in [1.807, 2.05) is 31.3 Å². The molecule has 8 heteroatoms. The largest absolute Gasteiger partial charge is 0.381 e. The lowest BCUT2D eigenvalue weighted by Gasteiger charge is -2.12. The molecule has 0 aromatic carbocycles.